The van der Waals surface area contributed by atoms with Gasteiger partial charge in [0.05, 0.1) is 14.2 Å². The van der Waals surface area contributed by atoms with E-state index >= 15 is 0 Å². The molecule has 1 aromatic carbocycles. The average molecular weight is 391 g/mol. The summed E-state index contributed by atoms with van der Waals surface area (Å²) in [6.45, 7) is 4.52. The summed E-state index contributed by atoms with van der Waals surface area (Å²) in [5.74, 6) is 1.30. The van der Waals surface area contributed by atoms with Gasteiger partial charge >= 0.3 is 0 Å². The first kappa shape index (κ1) is 22.1. The van der Waals surface area contributed by atoms with Crippen LogP contribution in [0.1, 0.15) is 62.7 Å². The van der Waals surface area contributed by atoms with E-state index in [1.54, 1.807) is 18.2 Å². The van der Waals surface area contributed by atoms with E-state index in [1.165, 1.54) is 46.3 Å². The van der Waals surface area contributed by atoms with Crippen molar-refractivity contribution in [2.75, 3.05) is 20.8 Å². The van der Waals surface area contributed by atoms with Gasteiger partial charge < -0.3 is 20.1 Å². The van der Waals surface area contributed by atoms with Crippen LogP contribution in [0.2, 0.25) is 0 Å². The molecule has 2 amide bonds. The number of methoxy groups -OCH3 is 2. The third kappa shape index (κ3) is 6.43. The van der Waals surface area contributed by atoms with Crippen LogP contribution in [0.4, 0.5) is 0 Å². The molecule has 0 radical (unpaired) electrons. The molecular formula is C22H34N2O4. The van der Waals surface area contributed by atoms with Crippen molar-refractivity contribution in [1.82, 2.24) is 10.6 Å². The fraction of sp³-hybridized carbons (Fsp3) is 0.636. The maximum absolute atomic E-state index is 12.7. The summed E-state index contributed by atoms with van der Waals surface area (Å²) in [6, 6.07) is 4.39. The van der Waals surface area contributed by atoms with Crippen LogP contribution in [0.5, 0.6) is 11.5 Å². The van der Waals surface area contributed by atoms with Gasteiger partial charge in [0.1, 0.15) is 17.5 Å². The van der Waals surface area contributed by atoms with Gasteiger partial charge in [-0.25, -0.2) is 0 Å². The summed E-state index contributed by atoms with van der Waals surface area (Å²) in [5, 5.41) is 5.87. The highest BCUT2D eigenvalue weighted by molar-refractivity contribution is 5.98. The molecule has 0 aromatic heterocycles. The smallest absolute Gasteiger partial charge is 0.252 e. The lowest BCUT2D eigenvalue weighted by atomic mass is 9.87. The Bertz CT molecular complexity index is 632. The van der Waals surface area contributed by atoms with Crippen LogP contribution in [0, 0.1) is 11.8 Å². The first-order chi connectivity index (χ1) is 13.4. The predicted octanol–water partition coefficient (Wildman–Crippen LogP) is 3.54. The van der Waals surface area contributed by atoms with E-state index in [0.29, 0.717) is 29.5 Å². The first-order valence-electron chi connectivity index (χ1n) is 10.3. The molecule has 6 nitrogen and oxygen atoms in total. The molecule has 156 valence electrons. The number of rotatable bonds is 9. The normalized spacial score (nSPS) is 15.8. The highest BCUT2D eigenvalue weighted by Gasteiger charge is 2.25. The Balaban J connectivity index is 1.95. The van der Waals surface area contributed by atoms with Crippen molar-refractivity contribution in [3.8, 4) is 11.5 Å². The third-order valence-corrected chi connectivity index (χ3v) is 5.43. The van der Waals surface area contributed by atoms with Gasteiger partial charge in [-0.2, -0.15) is 0 Å². The van der Waals surface area contributed by atoms with Crippen LogP contribution < -0.4 is 20.1 Å². The number of hydrogen-bond acceptors (Lipinski definition) is 4. The summed E-state index contributed by atoms with van der Waals surface area (Å²) in [5.41, 5.74) is 0.400. The topological polar surface area (TPSA) is 76.7 Å². The number of nitrogens with one attached hydrogen (secondary N) is 2. The van der Waals surface area contributed by atoms with Gasteiger partial charge in [0.2, 0.25) is 5.91 Å². The Labute approximate surface area is 168 Å². The molecule has 2 N–H and O–H groups in total. The molecular weight excluding hydrogens is 356 g/mol. The van der Waals surface area contributed by atoms with Crippen molar-refractivity contribution in [2.24, 2.45) is 11.8 Å². The van der Waals surface area contributed by atoms with Crippen molar-refractivity contribution in [1.29, 1.82) is 0 Å². The Kier molecular flexibility index (Phi) is 8.61. The number of amides is 2. The summed E-state index contributed by atoms with van der Waals surface area (Å²) >= 11 is 0. The van der Waals surface area contributed by atoms with E-state index in [9.17, 15) is 9.59 Å². The molecule has 28 heavy (non-hydrogen) atoms. The summed E-state index contributed by atoms with van der Waals surface area (Å²) in [4.78, 5) is 25.4. The first-order valence-corrected chi connectivity index (χ1v) is 10.3. The lowest BCUT2D eigenvalue weighted by Crippen LogP contribution is -2.50. The second-order valence-electron chi connectivity index (χ2n) is 7.88. The third-order valence-electron chi connectivity index (χ3n) is 5.43. The van der Waals surface area contributed by atoms with Crippen molar-refractivity contribution in [3.05, 3.63) is 23.8 Å². The molecule has 1 saturated carbocycles. The van der Waals surface area contributed by atoms with E-state index in [4.69, 9.17) is 9.47 Å². The van der Waals surface area contributed by atoms with Gasteiger partial charge in [-0.3, -0.25) is 9.59 Å². The summed E-state index contributed by atoms with van der Waals surface area (Å²) in [6.07, 6.45) is 7.47. The van der Waals surface area contributed by atoms with E-state index in [-0.39, 0.29) is 17.7 Å². The Hall–Kier alpha value is -2.24. The number of carbonyl (C=O) groups excluding carboxylic acids is 2. The summed E-state index contributed by atoms with van der Waals surface area (Å²) < 4.78 is 10.4. The van der Waals surface area contributed by atoms with E-state index in [0.717, 1.165) is 6.42 Å². The highest BCUT2D eigenvalue weighted by Crippen LogP contribution is 2.26. The summed E-state index contributed by atoms with van der Waals surface area (Å²) in [7, 11) is 3.07. The quantitative estimate of drug-likeness (QED) is 0.676. The number of benzene rings is 1. The largest absolute Gasteiger partial charge is 0.497 e. The minimum Gasteiger partial charge on any atom is -0.497 e. The van der Waals surface area contributed by atoms with Crippen LogP contribution >= 0.6 is 0 Å². The maximum atomic E-state index is 12.7. The van der Waals surface area contributed by atoms with Crippen LogP contribution in [0.3, 0.4) is 0 Å². The molecule has 0 aliphatic heterocycles. The number of hydrogen-bond donors (Lipinski definition) is 2. The zero-order valence-corrected chi connectivity index (χ0v) is 17.5. The molecule has 1 aromatic rings. The van der Waals surface area contributed by atoms with E-state index < -0.39 is 6.04 Å². The molecule has 0 heterocycles. The molecule has 0 saturated heterocycles. The highest BCUT2D eigenvalue weighted by atomic mass is 16.5. The molecule has 1 aliphatic rings. The SMILES string of the molecule is COc1cc(OC)cc(C(=O)NC(C(=O)NCCC2CCCCC2)C(C)C)c1. The zero-order chi connectivity index (χ0) is 20.5. The average Bonchev–Trinajstić information content (AvgIpc) is 2.71. The van der Waals surface area contributed by atoms with Crippen molar-refractivity contribution in [3.63, 3.8) is 0 Å². The molecule has 0 bridgehead atoms. The number of carbonyl (C=O) groups is 2. The fourth-order valence-electron chi connectivity index (χ4n) is 3.68. The zero-order valence-electron chi connectivity index (χ0n) is 17.5. The second kappa shape index (κ2) is 10.9. The number of ether oxygens (including phenoxy) is 2. The molecule has 1 atom stereocenters. The molecule has 1 fully saturated rings. The molecule has 2 rings (SSSR count). The lowest BCUT2D eigenvalue weighted by Gasteiger charge is -2.24. The van der Waals surface area contributed by atoms with Gasteiger partial charge in [0, 0.05) is 18.2 Å². The van der Waals surface area contributed by atoms with Crippen LogP contribution in [0.25, 0.3) is 0 Å². The maximum Gasteiger partial charge on any atom is 0.252 e. The van der Waals surface area contributed by atoms with Gasteiger partial charge in [-0.1, -0.05) is 46.0 Å². The van der Waals surface area contributed by atoms with Crippen LogP contribution in [-0.4, -0.2) is 38.6 Å². The van der Waals surface area contributed by atoms with E-state index in [2.05, 4.69) is 10.6 Å². The Morgan fingerprint density at radius 3 is 2.18 bits per heavy atom. The van der Waals surface area contributed by atoms with Gasteiger partial charge in [-0.15, -0.1) is 0 Å². The minimum atomic E-state index is -0.587. The lowest BCUT2D eigenvalue weighted by molar-refractivity contribution is -0.124. The second-order valence-corrected chi connectivity index (χ2v) is 7.88. The molecule has 1 unspecified atom stereocenters. The van der Waals surface area contributed by atoms with Crippen LogP contribution in [0.15, 0.2) is 18.2 Å². The minimum absolute atomic E-state index is 0.0221. The standard InChI is InChI=1S/C22H34N2O4/c1-15(2)20(22(26)23-11-10-16-8-6-5-7-9-16)24-21(25)17-12-18(27-3)14-19(13-17)28-4/h12-16,20H,5-11H2,1-4H3,(H,23,26)(H,24,25). The van der Waals surface area contributed by atoms with Crippen molar-refractivity contribution in [2.45, 2.75) is 58.4 Å². The van der Waals surface area contributed by atoms with Gasteiger partial charge in [0.15, 0.2) is 0 Å². The predicted molar refractivity (Wildman–Crippen MR) is 110 cm³/mol. The molecule has 6 heteroatoms. The van der Waals surface area contributed by atoms with Crippen LogP contribution in [-0.2, 0) is 4.79 Å². The van der Waals surface area contributed by atoms with Crippen molar-refractivity contribution < 1.29 is 19.1 Å². The fourth-order valence-corrected chi connectivity index (χ4v) is 3.68. The van der Waals surface area contributed by atoms with Crippen molar-refractivity contribution >= 4 is 11.8 Å². The molecule has 0 spiro atoms. The van der Waals surface area contributed by atoms with Gasteiger partial charge in [0.25, 0.3) is 5.91 Å². The monoisotopic (exact) mass is 390 g/mol. The van der Waals surface area contributed by atoms with E-state index in [1.807, 2.05) is 13.8 Å². The Morgan fingerprint density at radius 2 is 1.64 bits per heavy atom. The Morgan fingerprint density at radius 1 is 1.04 bits per heavy atom. The van der Waals surface area contributed by atoms with Gasteiger partial charge in [-0.05, 0) is 30.4 Å². The molecule has 1 aliphatic carbocycles.